The van der Waals surface area contributed by atoms with Crippen LogP contribution in [0.15, 0.2) is 0 Å². The molecular weight excluding hydrogens is 326 g/mol. The van der Waals surface area contributed by atoms with Crippen LogP contribution in [-0.4, -0.2) is 34.8 Å². The average Bonchev–Trinajstić information content (AvgIpc) is 2.44. The van der Waals surface area contributed by atoms with Gasteiger partial charge in [0.15, 0.2) is 0 Å². The summed E-state index contributed by atoms with van der Waals surface area (Å²) in [5.41, 5.74) is 4.57. The van der Waals surface area contributed by atoms with E-state index in [2.05, 4.69) is 0 Å². The zero-order valence-corrected chi connectivity index (χ0v) is 15.9. The molecule has 25 heavy (non-hydrogen) atoms. The Labute approximate surface area is 149 Å². The van der Waals surface area contributed by atoms with Crippen molar-refractivity contribution in [3.8, 4) is 0 Å². The number of carbonyl (C=O) groups is 3. The topological polar surface area (TPSA) is 116 Å². The van der Waals surface area contributed by atoms with Gasteiger partial charge in [-0.2, -0.15) is 0 Å². The zero-order chi connectivity index (χ0) is 19.5. The molecule has 1 rings (SSSR count). The maximum Gasteiger partial charge on any atom is 0.326 e. The molecule has 1 fully saturated rings. The van der Waals surface area contributed by atoms with Crippen molar-refractivity contribution in [2.24, 2.45) is 16.6 Å². The van der Waals surface area contributed by atoms with Gasteiger partial charge in [0, 0.05) is 19.3 Å². The SMILES string of the molecule is CC(C)(OC(=O)C(N)C1(CC(=O)O)CCCCC1)OC(=O)C(C)(C)C. The van der Waals surface area contributed by atoms with Crippen molar-refractivity contribution in [3.05, 3.63) is 0 Å². The Balaban J connectivity index is 2.85. The maximum atomic E-state index is 12.5. The molecule has 7 nitrogen and oxygen atoms in total. The summed E-state index contributed by atoms with van der Waals surface area (Å²) in [5, 5.41) is 9.23. The molecule has 1 aliphatic carbocycles. The lowest BCUT2D eigenvalue weighted by Crippen LogP contribution is -2.52. The summed E-state index contributed by atoms with van der Waals surface area (Å²) < 4.78 is 10.6. The summed E-state index contributed by atoms with van der Waals surface area (Å²) in [6, 6.07) is -1.07. The second-order valence-electron chi connectivity index (χ2n) is 8.43. The van der Waals surface area contributed by atoms with Crippen LogP contribution in [0.3, 0.4) is 0 Å². The van der Waals surface area contributed by atoms with Gasteiger partial charge in [-0.1, -0.05) is 19.3 Å². The lowest BCUT2D eigenvalue weighted by molar-refractivity contribution is -0.224. The molecule has 0 amide bonds. The number of hydrogen-bond donors (Lipinski definition) is 2. The van der Waals surface area contributed by atoms with Crippen molar-refractivity contribution in [3.63, 3.8) is 0 Å². The number of hydrogen-bond acceptors (Lipinski definition) is 6. The molecule has 0 spiro atoms. The molecule has 0 aliphatic heterocycles. The highest BCUT2D eigenvalue weighted by Gasteiger charge is 2.46. The number of carboxylic acid groups (broad SMARTS) is 1. The summed E-state index contributed by atoms with van der Waals surface area (Å²) in [5.74, 6) is -3.70. The minimum Gasteiger partial charge on any atom is -0.481 e. The van der Waals surface area contributed by atoms with Crippen molar-refractivity contribution in [2.45, 2.75) is 85.0 Å². The van der Waals surface area contributed by atoms with E-state index in [1.165, 1.54) is 13.8 Å². The Bertz CT molecular complexity index is 514. The highest BCUT2D eigenvalue weighted by atomic mass is 16.7. The van der Waals surface area contributed by atoms with Crippen molar-refractivity contribution in [2.75, 3.05) is 0 Å². The van der Waals surface area contributed by atoms with Gasteiger partial charge < -0.3 is 20.3 Å². The molecule has 144 valence electrons. The smallest absolute Gasteiger partial charge is 0.326 e. The van der Waals surface area contributed by atoms with E-state index in [1.807, 2.05) is 0 Å². The molecule has 7 heteroatoms. The van der Waals surface area contributed by atoms with Crippen LogP contribution in [0.4, 0.5) is 0 Å². The molecule has 1 atom stereocenters. The van der Waals surface area contributed by atoms with Crippen molar-refractivity contribution in [1.29, 1.82) is 0 Å². The first kappa shape index (κ1) is 21.4. The van der Waals surface area contributed by atoms with Crippen molar-refractivity contribution >= 4 is 17.9 Å². The lowest BCUT2D eigenvalue weighted by atomic mass is 9.67. The molecule has 0 aromatic rings. The molecule has 3 N–H and O–H groups in total. The molecule has 1 unspecified atom stereocenters. The van der Waals surface area contributed by atoms with Gasteiger partial charge in [-0.15, -0.1) is 0 Å². The number of ether oxygens (including phenoxy) is 2. The van der Waals surface area contributed by atoms with Crippen LogP contribution in [0.25, 0.3) is 0 Å². The van der Waals surface area contributed by atoms with E-state index in [-0.39, 0.29) is 6.42 Å². The summed E-state index contributed by atoms with van der Waals surface area (Å²) in [6.45, 7) is 8.02. The van der Waals surface area contributed by atoms with Gasteiger partial charge in [0.25, 0.3) is 5.79 Å². The second-order valence-corrected chi connectivity index (χ2v) is 8.43. The van der Waals surface area contributed by atoms with Gasteiger partial charge in [-0.25, -0.2) is 0 Å². The number of aliphatic carboxylic acids is 1. The monoisotopic (exact) mass is 357 g/mol. The highest BCUT2D eigenvalue weighted by molar-refractivity contribution is 5.79. The normalized spacial score (nSPS) is 19.0. The molecule has 0 bridgehead atoms. The zero-order valence-electron chi connectivity index (χ0n) is 15.9. The lowest BCUT2D eigenvalue weighted by Gasteiger charge is -2.40. The fraction of sp³-hybridized carbons (Fsp3) is 0.833. The fourth-order valence-electron chi connectivity index (χ4n) is 3.11. The highest BCUT2D eigenvalue weighted by Crippen LogP contribution is 2.42. The quantitative estimate of drug-likeness (QED) is 0.554. The minimum absolute atomic E-state index is 0.175. The summed E-state index contributed by atoms with van der Waals surface area (Å²) >= 11 is 0. The Hall–Kier alpha value is -1.63. The van der Waals surface area contributed by atoms with Gasteiger partial charge >= 0.3 is 17.9 Å². The number of carboxylic acids is 1. The summed E-state index contributed by atoms with van der Waals surface area (Å²) in [4.78, 5) is 35.8. The van der Waals surface area contributed by atoms with E-state index in [0.717, 1.165) is 19.3 Å². The predicted octanol–water partition coefficient (Wildman–Crippen LogP) is 2.61. The van der Waals surface area contributed by atoms with Gasteiger partial charge in [-0.3, -0.25) is 14.4 Å². The van der Waals surface area contributed by atoms with Gasteiger partial charge in [0.1, 0.15) is 6.04 Å². The molecule has 0 aromatic carbocycles. The first-order chi connectivity index (χ1) is 11.3. The molecule has 0 aromatic heterocycles. The van der Waals surface area contributed by atoms with E-state index < -0.39 is 40.6 Å². The number of rotatable bonds is 6. The first-order valence-corrected chi connectivity index (χ1v) is 8.73. The van der Waals surface area contributed by atoms with Crippen LogP contribution < -0.4 is 5.73 Å². The Kier molecular flexibility index (Phi) is 6.61. The summed E-state index contributed by atoms with van der Waals surface area (Å²) in [7, 11) is 0. The molecule has 1 saturated carbocycles. The van der Waals surface area contributed by atoms with Crippen LogP contribution in [0.1, 0.15) is 73.1 Å². The van der Waals surface area contributed by atoms with E-state index in [9.17, 15) is 19.5 Å². The van der Waals surface area contributed by atoms with Crippen molar-refractivity contribution < 1.29 is 29.0 Å². The average molecular weight is 357 g/mol. The molecule has 1 aliphatic rings. The molecule has 0 radical (unpaired) electrons. The Morgan fingerprint density at radius 1 is 1.04 bits per heavy atom. The molecular formula is C18H31NO6. The third-order valence-electron chi connectivity index (χ3n) is 4.56. The fourth-order valence-corrected chi connectivity index (χ4v) is 3.11. The summed E-state index contributed by atoms with van der Waals surface area (Å²) in [6.07, 6.45) is 3.62. The minimum atomic E-state index is -1.47. The van der Waals surface area contributed by atoms with E-state index in [1.54, 1.807) is 20.8 Å². The predicted molar refractivity (Wildman–Crippen MR) is 91.5 cm³/mol. The standard InChI is InChI=1S/C18H31NO6/c1-16(2,3)15(23)25-17(4,5)24-14(22)13(19)18(11-12(20)21)9-7-6-8-10-18/h13H,6-11,19H2,1-5H3,(H,20,21). The number of esters is 2. The molecule has 0 saturated heterocycles. The van der Waals surface area contributed by atoms with Gasteiger partial charge in [-0.05, 0) is 33.6 Å². The first-order valence-electron chi connectivity index (χ1n) is 8.73. The van der Waals surface area contributed by atoms with Gasteiger partial charge in [0.05, 0.1) is 11.8 Å². The van der Waals surface area contributed by atoms with Crippen molar-refractivity contribution in [1.82, 2.24) is 0 Å². The van der Waals surface area contributed by atoms with Crippen LogP contribution in [0.5, 0.6) is 0 Å². The maximum absolute atomic E-state index is 12.5. The van der Waals surface area contributed by atoms with Gasteiger partial charge in [0.2, 0.25) is 0 Å². The van der Waals surface area contributed by atoms with Crippen LogP contribution in [0, 0.1) is 10.8 Å². The largest absolute Gasteiger partial charge is 0.481 e. The second kappa shape index (κ2) is 7.72. The number of nitrogens with two attached hydrogens (primary N) is 1. The van der Waals surface area contributed by atoms with Crippen LogP contribution in [0.2, 0.25) is 0 Å². The van der Waals surface area contributed by atoms with Crippen LogP contribution >= 0.6 is 0 Å². The Morgan fingerprint density at radius 2 is 1.56 bits per heavy atom. The van der Waals surface area contributed by atoms with E-state index in [4.69, 9.17) is 15.2 Å². The molecule has 0 heterocycles. The third kappa shape index (κ3) is 5.99. The third-order valence-corrected chi connectivity index (χ3v) is 4.56. The number of carbonyl (C=O) groups excluding carboxylic acids is 2. The van der Waals surface area contributed by atoms with E-state index >= 15 is 0 Å². The Morgan fingerprint density at radius 3 is 2.00 bits per heavy atom. The van der Waals surface area contributed by atoms with Crippen LogP contribution in [-0.2, 0) is 23.9 Å². The van der Waals surface area contributed by atoms with E-state index in [0.29, 0.717) is 12.8 Å².